The van der Waals surface area contributed by atoms with E-state index in [4.69, 9.17) is 16.6 Å². The first-order chi connectivity index (χ1) is 14.6. The Kier molecular flexibility index (Phi) is 4.95. The van der Waals surface area contributed by atoms with Crippen LogP contribution in [0.25, 0.3) is 10.8 Å². The summed E-state index contributed by atoms with van der Waals surface area (Å²) in [5.74, 6) is 0.350. The number of halogens is 1. The molecule has 1 spiro atoms. The van der Waals surface area contributed by atoms with Crippen molar-refractivity contribution in [2.45, 2.75) is 44.2 Å². The number of hydrogen-bond donors (Lipinski definition) is 1. The third-order valence-electron chi connectivity index (χ3n) is 6.17. The monoisotopic (exact) mass is 417 g/mol. The van der Waals surface area contributed by atoms with Crippen LogP contribution in [0, 0.1) is 0 Å². The van der Waals surface area contributed by atoms with Crippen molar-refractivity contribution in [3.8, 4) is 0 Å². The highest BCUT2D eigenvalue weighted by molar-refractivity contribution is 6.46. The van der Waals surface area contributed by atoms with E-state index in [2.05, 4.69) is 16.5 Å². The first-order valence-electron chi connectivity index (χ1n) is 10.6. The van der Waals surface area contributed by atoms with Gasteiger partial charge in [0, 0.05) is 10.6 Å². The van der Waals surface area contributed by atoms with E-state index in [1.54, 1.807) is 0 Å². The Balaban J connectivity index is 1.52. The quantitative estimate of drug-likeness (QED) is 0.520. The smallest absolute Gasteiger partial charge is 0.229 e. The Bertz CT molecular complexity index is 1110. The lowest BCUT2D eigenvalue weighted by atomic mass is 10.00. The molecule has 5 rings (SSSR count). The molecule has 0 unspecified atom stereocenters. The van der Waals surface area contributed by atoms with Crippen LogP contribution in [0.15, 0.2) is 71.7 Å². The molecule has 0 amide bonds. The van der Waals surface area contributed by atoms with E-state index >= 15 is 0 Å². The van der Waals surface area contributed by atoms with Gasteiger partial charge in [0.2, 0.25) is 5.78 Å². The number of carbonyl (C=O) groups excluding carboxylic acids is 1. The minimum absolute atomic E-state index is 0.0687. The number of nitrogens with one attached hydrogen (secondary N) is 1. The largest absolute Gasteiger partial charge is 0.285 e. The molecule has 0 saturated heterocycles. The highest BCUT2D eigenvalue weighted by atomic mass is 35.5. The number of aliphatic imine (C=N–C) groups is 1. The van der Waals surface area contributed by atoms with Gasteiger partial charge in [-0.2, -0.15) is 0 Å². The van der Waals surface area contributed by atoms with E-state index in [0.717, 1.165) is 42.1 Å². The summed E-state index contributed by atoms with van der Waals surface area (Å²) in [5, 5.41) is 4.96. The van der Waals surface area contributed by atoms with Crippen LogP contribution in [-0.4, -0.2) is 17.3 Å². The number of rotatable bonds is 3. The Hall–Kier alpha value is -2.85. The zero-order valence-electron chi connectivity index (χ0n) is 16.8. The lowest BCUT2D eigenvalue weighted by molar-refractivity contribution is 0.106. The van der Waals surface area contributed by atoms with Crippen LogP contribution in [0.5, 0.6) is 0 Å². The summed E-state index contributed by atoms with van der Waals surface area (Å²) in [6.45, 7) is 0. The number of ketones is 1. The topological polar surface area (TPSA) is 44.7 Å². The maximum atomic E-state index is 13.4. The second kappa shape index (κ2) is 7.77. The van der Waals surface area contributed by atoms with E-state index in [-0.39, 0.29) is 5.78 Å². The number of anilines is 1. The molecule has 1 saturated carbocycles. The summed E-state index contributed by atoms with van der Waals surface area (Å²) in [5.41, 5.74) is 4.56. The van der Waals surface area contributed by atoms with E-state index in [1.165, 1.54) is 12.8 Å². The van der Waals surface area contributed by atoms with Crippen molar-refractivity contribution in [3.63, 3.8) is 0 Å². The molecule has 0 atom stereocenters. The van der Waals surface area contributed by atoms with E-state index in [1.807, 2.05) is 60.7 Å². The third kappa shape index (κ3) is 3.46. The fourth-order valence-corrected chi connectivity index (χ4v) is 4.71. The zero-order valence-corrected chi connectivity index (χ0v) is 17.5. The van der Waals surface area contributed by atoms with Gasteiger partial charge in [0.1, 0.15) is 0 Å². The predicted octanol–water partition coefficient (Wildman–Crippen LogP) is 6.15. The molecule has 0 aromatic heterocycles. The second-order valence-corrected chi connectivity index (χ2v) is 8.61. The van der Waals surface area contributed by atoms with Gasteiger partial charge < -0.3 is 0 Å². The van der Waals surface area contributed by atoms with Gasteiger partial charge in [-0.25, -0.2) is 4.99 Å². The summed E-state index contributed by atoms with van der Waals surface area (Å²) >= 11 is 6.11. The van der Waals surface area contributed by atoms with Crippen molar-refractivity contribution in [1.82, 2.24) is 5.43 Å². The maximum absolute atomic E-state index is 13.4. The molecule has 152 valence electrons. The molecule has 30 heavy (non-hydrogen) atoms. The Morgan fingerprint density at radius 3 is 2.33 bits per heavy atom. The molecule has 1 N–H and O–H groups in total. The number of hydrazine groups is 1. The minimum atomic E-state index is -0.424. The zero-order chi connectivity index (χ0) is 20.6. The highest BCUT2D eigenvalue weighted by Gasteiger charge is 2.44. The minimum Gasteiger partial charge on any atom is -0.285 e. The van der Waals surface area contributed by atoms with Gasteiger partial charge in [0.15, 0.2) is 11.5 Å². The molecule has 0 radical (unpaired) electrons. The predicted molar refractivity (Wildman–Crippen MR) is 123 cm³/mol. The first-order valence-corrected chi connectivity index (χ1v) is 11.0. The number of hydrogen-bond acceptors (Lipinski definition) is 4. The van der Waals surface area contributed by atoms with Gasteiger partial charge in [0.05, 0.1) is 5.69 Å². The van der Waals surface area contributed by atoms with E-state index in [9.17, 15) is 4.79 Å². The first kappa shape index (κ1) is 19.1. The van der Waals surface area contributed by atoms with Gasteiger partial charge in [-0.1, -0.05) is 60.8 Å². The average Bonchev–Trinajstić information content (AvgIpc) is 2.98. The van der Waals surface area contributed by atoms with Gasteiger partial charge in [0.25, 0.3) is 0 Å². The molecule has 1 heterocycles. The van der Waals surface area contributed by atoms with Crippen molar-refractivity contribution >= 4 is 39.7 Å². The summed E-state index contributed by atoms with van der Waals surface area (Å²) in [6, 6.07) is 21.7. The summed E-state index contributed by atoms with van der Waals surface area (Å²) in [7, 11) is 0. The molecule has 3 aromatic rings. The Morgan fingerprint density at radius 1 is 0.900 bits per heavy atom. The fourth-order valence-electron chi connectivity index (χ4n) is 4.59. The maximum Gasteiger partial charge on any atom is 0.229 e. The van der Waals surface area contributed by atoms with Crippen LogP contribution in [0.3, 0.4) is 0 Å². The van der Waals surface area contributed by atoms with Gasteiger partial charge in [-0.05, 0) is 66.8 Å². The number of fused-ring (bicyclic) bond motifs is 1. The molecule has 1 aliphatic carbocycles. The van der Waals surface area contributed by atoms with Crippen LogP contribution in [-0.2, 0) is 0 Å². The standard InChI is InChI=1S/C25H24ClN3O/c26-21-11-13-22(14-12-21)29-25(15-5-1-2-6-16-25)27-24(28-29)23(30)20-10-9-18-7-3-4-8-19(18)17-20/h3-4,7-14,17H,1-2,5-6,15-16H2,(H,27,28). The van der Waals surface area contributed by atoms with Gasteiger partial charge >= 0.3 is 0 Å². The summed E-state index contributed by atoms with van der Waals surface area (Å²) in [6.07, 6.45) is 6.48. The van der Waals surface area contributed by atoms with Crippen molar-refractivity contribution in [1.29, 1.82) is 0 Å². The molecule has 5 heteroatoms. The lowest BCUT2D eigenvalue weighted by Crippen LogP contribution is -2.50. The van der Waals surface area contributed by atoms with Gasteiger partial charge in [-0.15, -0.1) is 0 Å². The summed E-state index contributed by atoms with van der Waals surface area (Å²) in [4.78, 5) is 18.4. The lowest BCUT2D eigenvalue weighted by Gasteiger charge is -2.36. The summed E-state index contributed by atoms with van der Waals surface area (Å²) < 4.78 is 0. The van der Waals surface area contributed by atoms with Gasteiger partial charge in [-0.3, -0.25) is 15.2 Å². The van der Waals surface area contributed by atoms with Crippen molar-refractivity contribution < 1.29 is 4.79 Å². The van der Waals surface area contributed by atoms with Crippen LogP contribution in [0.1, 0.15) is 48.9 Å². The highest BCUT2D eigenvalue weighted by Crippen LogP contribution is 2.39. The third-order valence-corrected chi connectivity index (χ3v) is 6.42. The van der Waals surface area contributed by atoms with Crippen LogP contribution < -0.4 is 10.4 Å². The molecular weight excluding hydrogens is 394 g/mol. The molecular formula is C25H24ClN3O. The fraction of sp³-hybridized carbons (Fsp3) is 0.280. The molecule has 4 nitrogen and oxygen atoms in total. The molecule has 1 aliphatic heterocycles. The number of carbonyl (C=O) groups is 1. The molecule has 1 fully saturated rings. The number of Topliss-reactive ketones (excluding diaryl/α,β-unsaturated/α-hetero) is 1. The van der Waals surface area contributed by atoms with Crippen LogP contribution in [0.2, 0.25) is 5.02 Å². The van der Waals surface area contributed by atoms with Crippen molar-refractivity contribution in [2.24, 2.45) is 4.99 Å². The molecule has 0 bridgehead atoms. The second-order valence-electron chi connectivity index (χ2n) is 8.17. The number of nitrogens with zero attached hydrogens (tertiary/aromatic N) is 2. The van der Waals surface area contributed by atoms with Crippen molar-refractivity contribution in [3.05, 3.63) is 77.3 Å². The average molecular weight is 418 g/mol. The van der Waals surface area contributed by atoms with Crippen molar-refractivity contribution in [2.75, 3.05) is 5.01 Å². The molecule has 2 aliphatic rings. The SMILES string of the molecule is O=C(C1=NC2(CCCCCC2)N(c2ccc(Cl)cc2)N1)c1ccc2ccccc2c1. The molecule has 3 aromatic carbocycles. The van der Waals surface area contributed by atoms with E-state index < -0.39 is 5.66 Å². The Morgan fingerprint density at radius 2 is 1.60 bits per heavy atom. The van der Waals surface area contributed by atoms with Crippen LogP contribution >= 0.6 is 11.6 Å². The Labute approximate surface area is 181 Å². The number of benzene rings is 3. The normalized spacial score (nSPS) is 18.2. The van der Waals surface area contributed by atoms with Crippen LogP contribution in [0.4, 0.5) is 5.69 Å². The van der Waals surface area contributed by atoms with E-state index in [0.29, 0.717) is 16.4 Å². The number of amidine groups is 1.